The first kappa shape index (κ1) is 9.36. The highest BCUT2D eigenvalue weighted by molar-refractivity contribution is 7.72. The van der Waals surface area contributed by atoms with Crippen molar-refractivity contribution in [3.63, 3.8) is 0 Å². The summed E-state index contributed by atoms with van der Waals surface area (Å²) in [6, 6.07) is 12.6. The van der Waals surface area contributed by atoms with Gasteiger partial charge in [0.15, 0.2) is 0 Å². The zero-order valence-corrected chi connectivity index (χ0v) is 9.12. The van der Waals surface area contributed by atoms with Crippen molar-refractivity contribution < 1.29 is 9.52 Å². The average molecular weight is 228 g/mol. The predicted molar refractivity (Wildman–Crippen MR) is 66.2 cm³/mol. The third kappa shape index (κ3) is 1.29. The van der Waals surface area contributed by atoms with Crippen molar-refractivity contribution in [2.45, 2.75) is 0 Å². The molecule has 3 rings (SSSR count). The summed E-state index contributed by atoms with van der Waals surface area (Å²) < 4.78 is 6.44. The summed E-state index contributed by atoms with van der Waals surface area (Å²) in [6.45, 7) is 0. The molecule has 3 heteroatoms. The number of phenolic OH excluding ortho intramolecular Hbond substituents is 1. The van der Waals surface area contributed by atoms with Crippen LogP contribution in [-0.4, -0.2) is 5.11 Å². The van der Waals surface area contributed by atoms with Gasteiger partial charge in [0.2, 0.25) is 0 Å². The number of para-hydroxylation sites is 1. The van der Waals surface area contributed by atoms with E-state index in [1.165, 1.54) is 0 Å². The van der Waals surface area contributed by atoms with Crippen molar-refractivity contribution in [2.24, 2.45) is 0 Å². The molecule has 0 atom stereocenters. The van der Waals surface area contributed by atoms with E-state index in [-0.39, 0.29) is 5.75 Å². The average Bonchev–Trinajstić information content (AvgIpc) is 2.29. The SMILES string of the molecule is Oc1ccc2c(=S)c3ccccc3oc2c1. The van der Waals surface area contributed by atoms with Gasteiger partial charge in [-0.3, -0.25) is 0 Å². The molecule has 0 radical (unpaired) electrons. The predicted octanol–water partition coefficient (Wildman–Crippen LogP) is 4.02. The summed E-state index contributed by atoms with van der Waals surface area (Å²) in [5.74, 6) is 0.181. The minimum atomic E-state index is 0.181. The summed E-state index contributed by atoms with van der Waals surface area (Å²) in [6.07, 6.45) is 0. The molecule has 16 heavy (non-hydrogen) atoms. The number of hydrogen-bond acceptors (Lipinski definition) is 3. The van der Waals surface area contributed by atoms with Crippen LogP contribution in [-0.2, 0) is 0 Å². The van der Waals surface area contributed by atoms with Gasteiger partial charge in [0.05, 0.1) is 4.51 Å². The first-order chi connectivity index (χ1) is 7.75. The van der Waals surface area contributed by atoms with Crippen LogP contribution in [0.25, 0.3) is 21.9 Å². The van der Waals surface area contributed by atoms with Crippen LogP contribution in [0.1, 0.15) is 0 Å². The van der Waals surface area contributed by atoms with Gasteiger partial charge in [-0.05, 0) is 24.3 Å². The Morgan fingerprint density at radius 1 is 0.938 bits per heavy atom. The van der Waals surface area contributed by atoms with Gasteiger partial charge in [-0.2, -0.15) is 0 Å². The smallest absolute Gasteiger partial charge is 0.139 e. The second-order valence-electron chi connectivity index (χ2n) is 3.61. The van der Waals surface area contributed by atoms with Gasteiger partial charge in [-0.15, -0.1) is 0 Å². The lowest BCUT2D eigenvalue weighted by molar-refractivity contribution is 0.474. The highest BCUT2D eigenvalue weighted by Gasteiger charge is 2.04. The van der Waals surface area contributed by atoms with E-state index in [2.05, 4.69) is 0 Å². The minimum absolute atomic E-state index is 0.181. The molecule has 0 fully saturated rings. The number of phenols is 1. The number of fused-ring (bicyclic) bond motifs is 2. The van der Waals surface area contributed by atoms with Crippen molar-refractivity contribution in [1.29, 1.82) is 0 Å². The second-order valence-corrected chi connectivity index (χ2v) is 4.02. The summed E-state index contributed by atoms with van der Waals surface area (Å²) in [7, 11) is 0. The van der Waals surface area contributed by atoms with E-state index in [1.807, 2.05) is 24.3 Å². The van der Waals surface area contributed by atoms with E-state index in [0.29, 0.717) is 5.58 Å². The largest absolute Gasteiger partial charge is 0.508 e. The Balaban J connectivity index is 2.61. The van der Waals surface area contributed by atoms with E-state index in [4.69, 9.17) is 16.6 Å². The molecule has 1 aromatic heterocycles. The summed E-state index contributed by atoms with van der Waals surface area (Å²) in [5.41, 5.74) is 1.36. The molecule has 0 amide bonds. The van der Waals surface area contributed by atoms with Crippen molar-refractivity contribution in [1.82, 2.24) is 0 Å². The van der Waals surface area contributed by atoms with Crippen LogP contribution >= 0.6 is 12.2 Å². The second kappa shape index (κ2) is 3.32. The lowest BCUT2D eigenvalue weighted by Crippen LogP contribution is -1.78. The highest BCUT2D eigenvalue weighted by atomic mass is 32.1. The third-order valence-corrected chi connectivity index (χ3v) is 3.00. The number of benzene rings is 2. The Kier molecular flexibility index (Phi) is 1.94. The fourth-order valence-corrected chi connectivity index (χ4v) is 2.13. The van der Waals surface area contributed by atoms with Gasteiger partial charge in [0, 0.05) is 16.8 Å². The summed E-state index contributed by atoms with van der Waals surface area (Å²) in [5, 5.41) is 11.2. The number of hydrogen-bond donors (Lipinski definition) is 1. The molecule has 0 saturated carbocycles. The lowest BCUT2D eigenvalue weighted by atomic mass is 10.1. The molecule has 0 aliphatic heterocycles. The zero-order chi connectivity index (χ0) is 11.1. The first-order valence-corrected chi connectivity index (χ1v) is 5.31. The molecule has 0 aliphatic carbocycles. The number of rotatable bonds is 0. The molecule has 3 aromatic rings. The van der Waals surface area contributed by atoms with Crippen LogP contribution in [0.15, 0.2) is 46.9 Å². The van der Waals surface area contributed by atoms with E-state index < -0.39 is 0 Å². The molecule has 0 spiro atoms. The van der Waals surface area contributed by atoms with Gasteiger partial charge < -0.3 is 9.52 Å². The highest BCUT2D eigenvalue weighted by Crippen LogP contribution is 2.27. The fourth-order valence-electron chi connectivity index (χ4n) is 1.79. The van der Waals surface area contributed by atoms with Gasteiger partial charge >= 0.3 is 0 Å². The Morgan fingerprint density at radius 2 is 1.69 bits per heavy atom. The monoisotopic (exact) mass is 228 g/mol. The standard InChI is InChI=1S/C13H8O2S/c14-8-5-6-10-12(7-8)15-11-4-2-1-3-9(11)13(10)16/h1-7,14H. The Hall–Kier alpha value is -1.87. The summed E-state index contributed by atoms with van der Waals surface area (Å²) in [4.78, 5) is 0. The Bertz CT molecular complexity index is 744. The molecule has 78 valence electrons. The van der Waals surface area contributed by atoms with Gasteiger partial charge in [-0.25, -0.2) is 0 Å². The minimum Gasteiger partial charge on any atom is -0.508 e. The molecule has 1 heterocycles. The molecule has 1 N–H and O–H groups in total. The van der Waals surface area contributed by atoms with Crippen LogP contribution in [0.3, 0.4) is 0 Å². The maximum Gasteiger partial charge on any atom is 0.139 e. The van der Waals surface area contributed by atoms with E-state index in [9.17, 15) is 5.11 Å². The fraction of sp³-hybridized carbons (Fsp3) is 0. The topological polar surface area (TPSA) is 33.4 Å². The maximum absolute atomic E-state index is 9.40. The van der Waals surface area contributed by atoms with E-state index in [0.717, 1.165) is 20.9 Å². The van der Waals surface area contributed by atoms with Crippen LogP contribution < -0.4 is 0 Å². The molecule has 0 unspecified atom stereocenters. The molecule has 0 aliphatic rings. The van der Waals surface area contributed by atoms with Crippen molar-refractivity contribution in [2.75, 3.05) is 0 Å². The molecule has 2 aromatic carbocycles. The Labute approximate surface area is 96.8 Å². The van der Waals surface area contributed by atoms with Crippen molar-refractivity contribution >= 4 is 34.2 Å². The first-order valence-electron chi connectivity index (χ1n) is 4.90. The van der Waals surface area contributed by atoms with Gasteiger partial charge in [0.25, 0.3) is 0 Å². The number of aromatic hydroxyl groups is 1. The maximum atomic E-state index is 9.40. The van der Waals surface area contributed by atoms with E-state index >= 15 is 0 Å². The normalized spacial score (nSPS) is 11.0. The molecular weight excluding hydrogens is 220 g/mol. The van der Waals surface area contributed by atoms with Crippen LogP contribution in [0.2, 0.25) is 0 Å². The zero-order valence-electron chi connectivity index (χ0n) is 8.31. The van der Waals surface area contributed by atoms with Crippen molar-refractivity contribution in [3.8, 4) is 5.75 Å². The van der Waals surface area contributed by atoms with Crippen molar-refractivity contribution in [3.05, 3.63) is 47.0 Å². The van der Waals surface area contributed by atoms with Gasteiger partial charge in [-0.1, -0.05) is 24.4 Å². The van der Waals surface area contributed by atoms with Crippen LogP contribution in [0.5, 0.6) is 5.75 Å². The van der Waals surface area contributed by atoms with Crippen LogP contribution in [0, 0.1) is 4.51 Å². The molecular formula is C13H8O2S. The van der Waals surface area contributed by atoms with Gasteiger partial charge in [0.1, 0.15) is 16.9 Å². The molecule has 2 nitrogen and oxygen atoms in total. The lowest BCUT2D eigenvalue weighted by Gasteiger charge is -2.02. The molecule has 0 bridgehead atoms. The quantitative estimate of drug-likeness (QED) is 0.466. The summed E-state index contributed by atoms with van der Waals surface area (Å²) >= 11 is 5.40. The van der Waals surface area contributed by atoms with E-state index in [1.54, 1.807) is 18.2 Å². The Morgan fingerprint density at radius 3 is 2.56 bits per heavy atom. The van der Waals surface area contributed by atoms with Crippen LogP contribution in [0.4, 0.5) is 0 Å². The third-order valence-electron chi connectivity index (χ3n) is 2.56. The molecule has 0 saturated heterocycles.